The summed E-state index contributed by atoms with van der Waals surface area (Å²) in [5.41, 5.74) is 6.51. The van der Waals surface area contributed by atoms with Gasteiger partial charge in [0.15, 0.2) is 0 Å². The Morgan fingerprint density at radius 3 is 2.78 bits per heavy atom. The van der Waals surface area contributed by atoms with E-state index in [4.69, 9.17) is 15.2 Å². The predicted octanol–water partition coefficient (Wildman–Crippen LogP) is 2.63. The molecular weight excluding hydrogens is 232 g/mol. The molecule has 0 aromatic heterocycles. The van der Waals surface area contributed by atoms with Crippen molar-refractivity contribution >= 4 is 17.5 Å². The van der Waals surface area contributed by atoms with Gasteiger partial charge in [-0.1, -0.05) is 6.07 Å². The van der Waals surface area contributed by atoms with Crippen LogP contribution in [0.2, 0.25) is 0 Å². The Labute approximate surface area is 107 Å². The maximum atomic E-state index is 11.5. The largest absolute Gasteiger partial charge is 0.449 e. The molecule has 1 aromatic rings. The number of hydrogen-bond donors (Lipinski definition) is 2. The summed E-state index contributed by atoms with van der Waals surface area (Å²) in [6.07, 6.45) is 0.140. The molecule has 0 fully saturated rings. The molecule has 0 aliphatic carbocycles. The standard InChI is InChI=1S/C13H20N2O3/c1-13(2,17-3)7-8-18-12(16)15-11-6-4-5-10(14)9-11/h4-6,9H,7-8,14H2,1-3H3,(H,15,16). The Hall–Kier alpha value is -1.75. The van der Waals surface area contributed by atoms with Gasteiger partial charge in [-0.15, -0.1) is 0 Å². The molecule has 0 atom stereocenters. The molecule has 0 aliphatic rings. The van der Waals surface area contributed by atoms with E-state index in [9.17, 15) is 4.79 Å². The van der Waals surface area contributed by atoms with Crippen LogP contribution in [0.25, 0.3) is 0 Å². The van der Waals surface area contributed by atoms with Gasteiger partial charge in [-0.3, -0.25) is 5.32 Å². The number of nitrogen functional groups attached to an aromatic ring is 1. The molecule has 0 heterocycles. The summed E-state index contributed by atoms with van der Waals surface area (Å²) in [5, 5.41) is 2.61. The fourth-order valence-corrected chi connectivity index (χ4v) is 1.26. The quantitative estimate of drug-likeness (QED) is 0.790. The van der Waals surface area contributed by atoms with Crippen LogP contribution in [0.1, 0.15) is 20.3 Å². The van der Waals surface area contributed by atoms with Gasteiger partial charge in [0.25, 0.3) is 0 Å². The lowest BCUT2D eigenvalue weighted by Gasteiger charge is -2.22. The zero-order valence-electron chi connectivity index (χ0n) is 11.0. The minimum Gasteiger partial charge on any atom is -0.449 e. The van der Waals surface area contributed by atoms with Crippen molar-refractivity contribution in [1.82, 2.24) is 0 Å². The highest BCUT2D eigenvalue weighted by Gasteiger charge is 2.16. The molecule has 0 saturated heterocycles. The first-order chi connectivity index (χ1) is 8.43. The van der Waals surface area contributed by atoms with E-state index < -0.39 is 6.09 Å². The normalized spacial score (nSPS) is 11.1. The molecule has 0 bridgehead atoms. The first kappa shape index (κ1) is 14.3. The Kier molecular flexibility index (Phi) is 4.97. The van der Waals surface area contributed by atoms with Crippen LogP contribution in [0.15, 0.2) is 24.3 Å². The van der Waals surface area contributed by atoms with Crippen LogP contribution in [0.3, 0.4) is 0 Å². The Morgan fingerprint density at radius 1 is 1.44 bits per heavy atom. The van der Waals surface area contributed by atoms with Crippen molar-refractivity contribution in [2.75, 3.05) is 24.8 Å². The Morgan fingerprint density at radius 2 is 2.17 bits per heavy atom. The minimum atomic E-state index is -0.493. The topological polar surface area (TPSA) is 73.6 Å². The number of anilines is 2. The summed E-state index contributed by atoms with van der Waals surface area (Å²) in [4.78, 5) is 11.5. The van der Waals surface area contributed by atoms with Crippen LogP contribution in [-0.2, 0) is 9.47 Å². The van der Waals surface area contributed by atoms with Crippen LogP contribution in [0.4, 0.5) is 16.2 Å². The number of nitrogens with two attached hydrogens (primary N) is 1. The van der Waals surface area contributed by atoms with Crippen molar-refractivity contribution in [1.29, 1.82) is 0 Å². The smallest absolute Gasteiger partial charge is 0.411 e. The summed E-state index contributed by atoms with van der Waals surface area (Å²) in [7, 11) is 1.63. The number of carbonyl (C=O) groups excluding carboxylic acids is 1. The second-order valence-corrected chi connectivity index (χ2v) is 4.60. The van der Waals surface area contributed by atoms with E-state index >= 15 is 0 Å². The lowest BCUT2D eigenvalue weighted by atomic mass is 10.1. The van der Waals surface area contributed by atoms with Gasteiger partial charge in [0.2, 0.25) is 0 Å². The number of benzene rings is 1. The third-order valence-corrected chi connectivity index (χ3v) is 2.62. The van der Waals surface area contributed by atoms with Crippen molar-refractivity contribution in [3.8, 4) is 0 Å². The Balaban J connectivity index is 2.34. The third-order valence-electron chi connectivity index (χ3n) is 2.62. The van der Waals surface area contributed by atoms with Crippen LogP contribution >= 0.6 is 0 Å². The van der Waals surface area contributed by atoms with Gasteiger partial charge in [0.05, 0.1) is 12.2 Å². The zero-order valence-corrected chi connectivity index (χ0v) is 11.0. The highest BCUT2D eigenvalue weighted by molar-refractivity contribution is 5.85. The zero-order chi connectivity index (χ0) is 13.6. The number of hydrogen-bond acceptors (Lipinski definition) is 4. The lowest BCUT2D eigenvalue weighted by Crippen LogP contribution is -2.26. The lowest BCUT2D eigenvalue weighted by molar-refractivity contribution is 0.00125. The van der Waals surface area contributed by atoms with Crippen molar-refractivity contribution in [2.45, 2.75) is 25.9 Å². The summed E-state index contributed by atoms with van der Waals surface area (Å²) < 4.78 is 10.3. The number of amides is 1. The van der Waals surface area contributed by atoms with Gasteiger partial charge >= 0.3 is 6.09 Å². The molecule has 0 unspecified atom stereocenters. The third kappa shape index (κ3) is 5.05. The minimum absolute atomic E-state index is 0.294. The van der Waals surface area contributed by atoms with Crippen molar-refractivity contribution in [2.24, 2.45) is 0 Å². The monoisotopic (exact) mass is 252 g/mol. The van der Waals surface area contributed by atoms with E-state index in [2.05, 4.69) is 5.32 Å². The van der Waals surface area contributed by atoms with Gasteiger partial charge in [-0.05, 0) is 32.0 Å². The van der Waals surface area contributed by atoms with E-state index in [1.807, 2.05) is 13.8 Å². The van der Waals surface area contributed by atoms with Gasteiger partial charge in [-0.25, -0.2) is 4.79 Å². The SMILES string of the molecule is COC(C)(C)CCOC(=O)Nc1cccc(N)c1. The van der Waals surface area contributed by atoms with Crippen molar-refractivity contribution in [3.05, 3.63) is 24.3 Å². The number of rotatable bonds is 5. The fourth-order valence-electron chi connectivity index (χ4n) is 1.26. The predicted molar refractivity (Wildman–Crippen MR) is 71.5 cm³/mol. The highest BCUT2D eigenvalue weighted by atomic mass is 16.5. The Bertz CT molecular complexity index is 405. The van der Waals surface area contributed by atoms with Crippen LogP contribution in [-0.4, -0.2) is 25.4 Å². The van der Waals surface area contributed by atoms with Gasteiger partial charge in [-0.2, -0.15) is 0 Å². The van der Waals surface area contributed by atoms with Gasteiger partial charge < -0.3 is 15.2 Å². The molecule has 1 rings (SSSR count). The number of methoxy groups -OCH3 is 1. The molecule has 5 nitrogen and oxygen atoms in total. The summed E-state index contributed by atoms with van der Waals surface area (Å²) in [5.74, 6) is 0. The maximum Gasteiger partial charge on any atom is 0.411 e. The van der Waals surface area contributed by atoms with E-state index in [-0.39, 0.29) is 5.60 Å². The average Bonchev–Trinajstić information content (AvgIpc) is 2.28. The summed E-state index contributed by atoms with van der Waals surface area (Å²) in [6, 6.07) is 6.92. The van der Waals surface area contributed by atoms with Crippen LogP contribution < -0.4 is 11.1 Å². The maximum absolute atomic E-state index is 11.5. The van der Waals surface area contributed by atoms with E-state index in [1.165, 1.54) is 0 Å². The first-order valence-corrected chi connectivity index (χ1v) is 5.77. The average molecular weight is 252 g/mol. The van der Waals surface area contributed by atoms with Crippen LogP contribution in [0, 0.1) is 0 Å². The molecule has 18 heavy (non-hydrogen) atoms. The van der Waals surface area contributed by atoms with Crippen LogP contribution in [0.5, 0.6) is 0 Å². The fraction of sp³-hybridized carbons (Fsp3) is 0.462. The van der Waals surface area contributed by atoms with E-state index in [1.54, 1.807) is 31.4 Å². The number of nitrogens with one attached hydrogen (secondary N) is 1. The molecule has 100 valence electrons. The van der Waals surface area contributed by atoms with Gasteiger partial charge in [0.1, 0.15) is 0 Å². The molecule has 1 aromatic carbocycles. The van der Waals surface area contributed by atoms with Crippen molar-refractivity contribution in [3.63, 3.8) is 0 Å². The second kappa shape index (κ2) is 6.26. The molecule has 0 spiro atoms. The molecule has 1 amide bonds. The van der Waals surface area contributed by atoms with Crippen molar-refractivity contribution < 1.29 is 14.3 Å². The van der Waals surface area contributed by atoms with E-state index in [0.29, 0.717) is 24.4 Å². The molecule has 3 N–H and O–H groups in total. The van der Waals surface area contributed by atoms with Gasteiger partial charge in [0, 0.05) is 24.9 Å². The number of carbonyl (C=O) groups is 1. The van der Waals surface area contributed by atoms with E-state index in [0.717, 1.165) is 0 Å². The second-order valence-electron chi connectivity index (χ2n) is 4.60. The molecule has 5 heteroatoms. The molecular formula is C13H20N2O3. The molecule has 0 saturated carbocycles. The molecule has 0 aliphatic heterocycles. The molecule has 0 radical (unpaired) electrons. The first-order valence-electron chi connectivity index (χ1n) is 5.77. The summed E-state index contributed by atoms with van der Waals surface area (Å²) >= 11 is 0. The highest BCUT2D eigenvalue weighted by Crippen LogP contribution is 2.14. The number of ether oxygens (including phenoxy) is 2. The summed E-state index contributed by atoms with van der Waals surface area (Å²) in [6.45, 7) is 4.17.